The Bertz CT molecular complexity index is 1180. The van der Waals surface area contributed by atoms with Crippen LogP contribution in [0.2, 0.25) is 0 Å². The number of nitrogens with one attached hydrogen (secondary N) is 2. The number of benzene rings is 1. The van der Waals surface area contributed by atoms with Gasteiger partial charge in [0.2, 0.25) is 17.7 Å². The van der Waals surface area contributed by atoms with E-state index in [1.807, 2.05) is 38.1 Å². The number of carbonyl (C=O) groups is 3. The van der Waals surface area contributed by atoms with Crippen LogP contribution in [-0.2, 0) is 21.1 Å². The molecule has 2 bridgehead atoms. The minimum atomic E-state index is -0.820. The molecular formula is C23H29BrN6O4S. The lowest BCUT2D eigenvalue weighted by atomic mass is 9.70. The fraction of sp³-hybridized carbons (Fsp3) is 0.609. The Balaban J connectivity index is 1.51. The molecule has 3 saturated heterocycles. The van der Waals surface area contributed by atoms with Crippen molar-refractivity contribution in [2.45, 2.75) is 53.8 Å². The minimum absolute atomic E-state index is 0.0000134. The number of alkyl halides is 1. The van der Waals surface area contributed by atoms with Gasteiger partial charge < -0.3 is 20.6 Å². The van der Waals surface area contributed by atoms with Crippen LogP contribution in [0.15, 0.2) is 24.3 Å². The molecule has 3 aliphatic rings. The molecule has 0 saturated carbocycles. The SMILES string of the molecule is CNC(=O)[C@H]1[C@@H]2SC3(CC2Br)C(C(=O)NCn2nnc4ccccc42)N([C@@H](CO)C(C)C)C(=O)[C@H]13. The number of nitrogens with zero attached hydrogens (tertiary/aromatic N) is 4. The molecule has 3 fully saturated rings. The Morgan fingerprint density at radius 3 is 2.74 bits per heavy atom. The highest BCUT2D eigenvalue weighted by Crippen LogP contribution is 2.68. The van der Waals surface area contributed by atoms with E-state index in [2.05, 4.69) is 36.9 Å². The second-order valence-corrected chi connectivity index (χ2v) is 12.5. The summed E-state index contributed by atoms with van der Waals surface area (Å²) in [7, 11) is 1.57. The van der Waals surface area contributed by atoms with Crippen molar-refractivity contribution in [3.05, 3.63) is 24.3 Å². The van der Waals surface area contributed by atoms with Crippen molar-refractivity contribution in [2.75, 3.05) is 13.7 Å². The van der Waals surface area contributed by atoms with Gasteiger partial charge in [0, 0.05) is 17.1 Å². The molecule has 0 aliphatic carbocycles. The summed E-state index contributed by atoms with van der Waals surface area (Å²) in [5.74, 6) is -1.97. The number of rotatable bonds is 7. The van der Waals surface area contributed by atoms with Crippen LogP contribution >= 0.6 is 27.7 Å². The van der Waals surface area contributed by atoms with Gasteiger partial charge in [0.05, 0.1) is 34.7 Å². The molecule has 1 aromatic carbocycles. The Hall–Kier alpha value is -2.18. The molecule has 3 aliphatic heterocycles. The molecule has 1 aromatic heterocycles. The van der Waals surface area contributed by atoms with Gasteiger partial charge in [-0.1, -0.05) is 47.1 Å². The molecule has 188 valence electrons. The predicted octanol–water partition coefficient (Wildman–Crippen LogP) is 0.732. The van der Waals surface area contributed by atoms with Crippen LogP contribution in [-0.4, -0.2) is 83.3 Å². The third-order valence-electron chi connectivity index (χ3n) is 7.66. The van der Waals surface area contributed by atoms with E-state index in [1.54, 1.807) is 28.4 Å². The van der Waals surface area contributed by atoms with E-state index in [1.165, 1.54) is 0 Å². The number of thioether (sulfide) groups is 1. The summed E-state index contributed by atoms with van der Waals surface area (Å²) in [4.78, 5) is 42.3. The van der Waals surface area contributed by atoms with Crippen molar-refractivity contribution in [3.63, 3.8) is 0 Å². The number of likely N-dealkylation sites (tertiary alicyclic amines) is 1. The van der Waals surface area contributed by atoms with Gasteiger partial charge in [-0.25, -0.2) is 4.68 Å². The molecule has 12 heteroatoms. The van der Waals surface area contributed by atoms with Crippen LogP contribution in [0.3, 0.4) is 0 Å². The number of halogens is 1. The van der Waals surface area contributed by atoms with Crippen LogP contribution < -0.4 is 10.6 Å². The lowest BCUT2D eigenvalue weighted by Crippen LogP contribution is -2.58. The Labute approximate surface area is 215 Å². The van der Waals surface area contributed by atoms with Gasteiger partial charge in [0.1, 0.15) is 18.2 Å². The Morgan fingerprint density at radius 1 is 1.31 bits per heavy atom. The Kier molecular flexibility index (Phi) is 6.33. The first-order valence-electron chi connectivity index (χ1n) is 11.8. The zero-order chi connectivity index (χ0) is 25.1. The first-order chi connectivity index (χ1) is 16.7. The largest absolute Gasteiger partial charge is 0.394 e. The lowest BCUT2D eigenvalue weighted by molar-refractivity contribution is -0.143. The number of carbonyl (C=O) groups excluding carboxylic acids is 3. The van der Waals surface area contributed by atoms with Crippen LogP contribution in [0, 0.1) is 17.8 Å². The molecule has 1 spiro atoms. The molecule has 10 nitrogen and oxygen atoms in total. The third-order valence-corrected chi connectivity index (χ3v) is 10.9. The van der Waals surface area contributed by atoms with E-state index in [0.29, 0.717) is 6.42 Å². The van der Waals surface area contributed by atoms with Gasteiger partial charge in [0.25, 0.3) is 0 Å². The van der Waals surface area contributed by atoms with E-state index >= 15 is 0 Å². The summed E-state index contributed by atoms with van der Waals surface area (Å²) in [6.45, 7) is 3.67. The number of para-hydroxylation sites is 1. The molecule has 4 heterocycles. The minimum Gasteiger partial charge on any atom is -0.394 e. The van der Waals surface area contributed by atoms with Crippen LogP contribution in [0.5, 0.6) is 0 Å². The van der Waals surface area contributed by atoms with Crippen molar-refractivity contribution < 1.29 is 19.5 Å². The molecule has 7 atom stereocenters. The zero-order valence-corrected chi connectivity index (χ0v) is 22.1. The van der Waals surface area contributed by atoms with Gasteiger partial charge in [-0.2, -0.15) is 0 Å². The second-order valence-electron chi connectivity index (χ2n) is 9.79. The van der Waals surface area contributed by atoms with E-state index in [9.17, 15) is 19.5 Å². The summed E-state index contributed by atoms with van der Waals surface area (Å²) in [5.41, 5.74) is 1.51. The van der Waals surface area contributed by atoms with Crippen LogP contribution in [0.25, 0.3) is 11.0 Å². The van der Waals surface area contributed by atoms with E-state index < -0.39 is 28.7 Å². The van der Waals surface area contributed by atoms with Crippen LogP contribution in [0.1, 0.15) is 20.3 Å². The number of aliphatic hydroxyl groups is 1. The summed E-state index contributed by atoms with van der Waals surface area (Å²) in [5, 5.41) is 24.1. The molecule has 3 N–H and O–H groups in total. The van der Waals surface area contributed by atoms with Crippen molar-refractivity contribution in [1.82, 2.24) is 30.5 Å². The van der Waals surface area contributed by atoms with Crippen LogP contribution in [0.4, 0.5) is 0 Å². The maximum atomic E-state index is 13.9. The number of hydrogen-bond donors (Lipinski definition) is 3. The van der Waals surface area contributed by atoms with E-state index in [4.69, 9.17) is 0 Å². The van der Waals surface area contributed by atoms with Crippen molar-refractivity contribution in [2.24, 2.45) is 17.8 Å². The van der Waals surface area contributed by atoms with Gasteiger partial charge in [-0.05, 0) is 24.5 Å². The smallest absolute Gasteiger partial charge is 0.245 e. The second kappa shape index (κ2) is 9.04. The lowest BCUT2D eigenvalue weighted by Gasteiger charge is -2.38. The van der Waals surface area contributed by atoms with E-state index in [-0.39, 0.29) is 47.0 Å². The van der Waals surface area contributed by atoms with Crippen molar-refractivity contribution in [1.29, 1.82) is 0 Å². The quantitative estimate of drug-likeness (QED) is 0.423. The number of fused-ring (bicyclic) bond motifs is 2. The Morgan fingerprint density at radius 2 is 2.06 bits per heavy atom. The molecule has 3 amide bonds. The number of hydrogen-bond acceptors (Lipinski definition) is 7. The fourth-order valence-corrected chi connectivity index (χ4v) is 9.69. The number of aliphatic hydroxyl groups excluding tert-OH is 1. The maximum Gasteiger partial charge on any atom is 0.245 e. The average molecular weight is 565 g/mol. The van der Waals surface area contributed by atoms with Gasteiger partial charge in [0.15, 0.2) is 0 Å². The van der Waals surface area contributed by atoms with Gasteiger partial charge in [-0.3, -0.25) is 14.4 Å². The first-order valence-corrected chi connectivity index (χ1v) is 13.6. The third kappa shape index (κ3) is 3.59. The monoisotopic (exact) mass is 564 g/mol. The summed E-state index contributed by atoms with van der Waals surface area (Å²) < 4.78 is 0.846. The fourth-order valence-electron chi connectivity index (χ4n) is 6.09. The number of aromatic nitrogens is 3. The summed E-state index contributed by atoms with van der Waals surface area (Å²) in [6.07, 6.45) is 0.587. The van der Waals surface area contributed by atoms with Crippen molar-refractivity contribution in [3.8, 4) is 0 Å². The molecule has 5 rings (SSSR count). The maximum absolute atomic E-state index is 13.9. The highest BCUT2D eigenvalue weighted by Gasteiger charge is 2.76. The summed E-state index contributed by atoms with van der Waals surface area (Å²) >= 11 is 5.30. The molecule has 3 unspecified atom stereocenters. The molecule has 2 aromatic rings. The molecule has 0 radical (unpaired) electrons. The van der Waals surface area contributed by atoms with Gasteiger partial charge >= 0.3 is 0 Å². The van der Waals surface area contributed by atoms with Gasteiger partial charge in [-0.15, -0.1) is 16.9 Å². The first kappa shape index (κ1) is 24.5. The summed E-state index contributed by atoms with van der Waals surface area (Å²) in [6, 6.07) is 6.11. The van der Waals surface area contributed by atoms with E-state index in [0.717, 1.165) is 11.0 Å². The number of amides is 3. The van der Waals surface area contributed by atoms with Crippen molar-refractivity contribution >= 4 is 56.4 Å². The predicted molar refractivity (Wildman–Crippen MR) is 135 cm³/mol. The topological polar surface area (TPSA) is 129 Å². The zero-order valence-electron chi connectivity index (χ0n) is 19.7. The normalized spacial score (nSPS) is 32.3. The molecular weight excluding hydrogens is 536 g/mol. The molecule has 35 heavy (non-hydrogen) atoms. The highest BCUT2D eigenvalue weighted by molar-refractivity contribution is 9.09. The highest BCUT2D eigenvalue weighted by atomic mass is 79.9. The standard InChI is InChI=1S/C23H29BrN6O4S/c1-11(2)15(9-31)30-19(21(33)26-10-29-14-7-5-4-6-13(14)27-28-29)23-8-12(24)18(35-23)16(20(32)25-3)17(23)22(30)34/h4-7,11-12,15-19,31H,8-10H2,1-3H3,(H,25,32)(H,26,33)/t12?,15-,16+,17-,18+,19?,23?/m0/s1. The average Bonchev–Trinajstić information content (AvgIpc) is 3.55.